The fourth-order valence-electron chi connectivity index (χ4n) is 2.00. The molecular formula is C16H13ClN4OS. The second kappa shape index (κ2) is 6.76. The summed E-state index contributed by atoms with van der Waals surface area (Å²) in [5.74, 6) is 0. The number of nitrogens with zero attached hydrogens (tertiary/aromatic N) is 2. The van der Waals surface area contributed by atoms with Crippen LogP contribution in [0.5, 0.6) is 0 Å². The van der Waals surface area contributed by atoms with Gasteiger partial charge in [-0.25, -0.2) is 4.79 Å². The fourth-order valence-corrected chi connectivity index (χ4v) is 3.06. The van der Waals surface area contributed by atoms with Crippen LogP contribution in [0.2, 0.25) is 5.02 Å². The van der Waals surface area contributed by atoms with Crippen molar-refractivity contribution in [2.45, 2.75) is 6.92 Å². The third-order valence-corrected chi connectivity index (χ3v) is 4.23. The second-order valence-electron chi connectivity index (χ2n) is 4.84. The van der Waals surface area contributed by atoms with E-state index in [0.29, 0.717) is 15.2 Å². The molecule has 0 saturated heterocycles. The summed E-state index contributed by atoms with van der Waals surface area (Å²) in [5, 5.41) is 15.1. The molecule has 0 aliphatic heterocycles. The molecule has 0 aliphatic rings. The first-order valence-electron chi connectivity index (χ1n) is 6.85. The van der Waals surface area contributed by atoms with E-state index < -0.39 is 0 Å². The number of aromatic nitrogens is 2. The number of aryl methyl sites for hydroxylation is 1. The molecule has 1 aromatic heterocycles. The molecule has 23 heavy (non-hydrogen) atoms. The summed E-state index contributed by atoms with van der Waals surface area (Å²) in [7, 11) is 0. The quantitative estimate of drug-likeness (QED) is 0.716. The van der Waals surface area contributed by atoms with Crippen LogP contribution in [-0.4, -0.2) is 16.2 Å². The molecule has 1 heterocycles. The molecule has 0 aliphatic carbocycles. The molecule has 0 bridgehead atoms. The van der Waals surface area contributed by atoms with E-state index in [1.807, 2.05) is 49.4 Å². The maximum absolute atomic E-state index is 12.0. The number of anilines is 2. The van der Waals surface area contributed by atoms with Gasteiger partial charge >= 0.3 is 6.03 Å². The van der Waals surface area contributed by atoms with Crippen molar-refractivity contribution < 1.29 is 4.79 Å². The Kier molecular flexibility index (Phi) is 4.55. The van der Waals surface area contributed by atoms with E-state index >= 15 is 0 Å². The summed E-state index contributed by atoms with van der Waals surface area (Å²) in [5.41, 5.74) is 2.58. The van der Waals surface area contributed by atoms with E-state index in [2.05, 4.69) is 20.8 Å². The van der Waals surface area contributed by atoms with Gasteiger partial charge in [0.25, 0.3) is 0 Å². The van der Waals surface area contributed by atoms with Crippen LogP contribution in [0.1, 0.15) is 5.56 Å². The molecular weight excluding hydrogens is 332 g/mol. The van der Waals surface area contributed by atoms with Crippen molar-refractivity contribution in [3.63, 3.8) is 0 Å². The highest BCUT2D eigenvalue weighted by molar-refractivity contribution is 7.18. The van der Waals surface area contributed by atoms with Gasteiger partial charge in [-0.05, 0) is 30.7 Å². The van der Waals surface area contributed by atoms with Crippen molar-refractivity contribution in [3.05, 3.63) is 59.1 Å². The predicted octanol–water partition coefficient (Wildman–Crippen LogP) is 4.81. The van der Waals surface area contributed by atoms with Gasteiger partial charge in [-0.2, -0.15) is 0 Å². The number of halogens is 1. The number of hydrogen-bond acceptors (Lipinski definition) is 4. The van der Waals surface area contributed by atoms with Crippen molar-refractivity contribution in [1.82, 2.24) is 10.2 Å². The summed E-state index contributed by atoms with van der Waals surface area (Å²) < 4.78 is 0. The molecule has 0 unspecified atom stereocenters. The van der Waals surface area contributed by atoms with Crippen molar-refractivity contribution in [2.75, 3.05) is 10.6 Å². The first kappa shape index (κ1) is 15.5. The van der Waals surface area contributed by atoms with E-state index in [1.54, 1.807) is 6.07 Å². The van der Waals surface area contributed by atoms with E-state index in [-0.39, 0.29) is 6.03 Å². The Balaban J connectivity index is 1.69. The molecule has 3 aromatic rings. The lowest BCUT2D eigenvalue weighted by molar-refractivity contribution is 0.262. The Hall–Kier alpha value is -2.44. The largest absolute Gasteiger partial charge is 0.325 e. The highest BCUT2D eigenvalue weighted by atomic mass is 35.5. The first-order chi connectivity index (χ1) is 11.1. The minimum absolute atomic E-state index is 0.363. The third kappa shape index (κ3) is 3.85. The molecule has 2 aromatic carbocycles. The average molecular weight is 345 g/mol. The van der Waals surface area contributed by atoms with Crippen molar-refractivity contribution in [1.29, 1.82) is 0 Å². The van der Waals surface area contributed by atoms with E-state index in [0.717, 1.165) is 16.8 Å². The number of rotatable bonds is 3. The van der Waals surface area contributed by atoms with Crippen LogP contribution >= 0.6 is 22.9 Å². The van der Waals surface area contributed by atoms with Gasteiger partial charge in [0.15, 0.2) is 5.01 Å². The summed E-state index contributed by atoms with van der Waals surface area (Å²) in [6.07, 6.45) is 0. The van der Waals surface area contributed by atoms with Crippen molar-refractivity contribution in [3.8, 4) is 10.6 Å². The van der Waals surface area contributed by atoms with Crippen LogP contribution in [0.25, 0.3) is 10.6 Å². The Morgan fingerprint density at radius 2 is 1.91 bits per heavy atom. The van der Waals surface area contributed by atoms with Gasteiger partial charge in [0.2, 0.25) is 5.13 Å². The highest BCUT2D eigenvalue weighted by Gasteiger charge is 2.11. The Morgan fingerprint density at radius 3 is 2.70 bits per heavy atom. The van der Waals surface area contributed by atoms with Gasteiger partial charge in [-0.1, -0.05) is 53.3 Å². The molecule has 0 saturated carbocycles. The monoisotopic (exact) mass is 344 g/mol. The Labute approximate surface area is 142 Å². The minimum Gasteiger partial charge on any atom is -0.308 e. The summed E-state index contributed by atoms with van der Waals surface area (Å²) >= 11 is 7.40. The zero-order valence-corrected chi connectivity index (χ0v) is 13.8. The summed E-state index contributed by atoms with van der Waals surface area (Å²) in [4.78, 5) is 12.0. The number of amides is 2. The topological polar surface area (TPSA) is 66.9 Å². The number of hydrogen-bond donors (Lipinski definition) is 2. The van der Waals surface area contributed by atoms with Gasteiger partial charge < -0.3 is 5.32 Å². The van der Waals surface area contributed by atoms with Crippen LogP contribution in [0.15, 0.2) is 48.5 Å². The Bertz CT molecular complexity index is 849. The van der Waals surface area contributed by atoms with Crippen molar-refractivity contribution in [2.24, 2.45) is 0 Å². The third-order valence-electron chi connectivity index (χ3n) is 3.03. The molecule has 2 amide bonds. The predicted molar refractivity (Wildman–Crippen MR) is 94.2 cm³/mol. The van der Waals surface area contributed by atoms with Crippen LogP contribution < -0.4 is 10.6 Å². The molecule has 0 fully saturated rings. The molecule has 5 nitrogen and oxygen atoms in total. The molecule has 2 N–H and O–H groups in total. The number of nitrogens with one attached hydrogen (secondary N) is 2. The molecule has 0 radical (unpaired) electrons. The van der Waals surface area contributed by atoms with E-state index in [1.165, 1.54) is 11.3 Å². The Morgan fingerprint density at radius 1 is 1.09 bits per heavy atom. The molecule has 0 atom stereocenters. The lowest BCUT2D eigenvalue weighted by Crippen LogP contribution is -2.19. The number of urea groups is 1. The zero-order valence-electron chi connectivity index (χ0n) is 12.2. The second-order valence-corrected chi connectivity index (χ2v) is 6.23. The normalized spacial score (nSPS) is 10.3. The van der Waals surface area contributed by atoms with Crippen LogP contribution in [0, 0.1) is 6.92 Å². The molecule has 116 valence electrons. The van der Waals surface area contributed by atoms with Crippen LogP contribution in [-0.2, 0) is 0 Å². The average Bonchev–Trinajstić information content (AvgIpc) is 2.95. The standard InChI is InChI=1S/C16H13ClN4OS/c1-10-5-4-6-11(9-10)18-15(22)19-16-21-20-14(23-16)12-7-2-3-8-13(12)17/h2-9H,1H3,(H2,18,19,21,22). The maximum atomic E-state index is 12.0. The molecule has 7 heteroatoms. The summed E-state index contributed by atoms with van der Waals surface area (Å²) in [6.45, 7) is 1.96. The fraction of sp³-hybridized carbons (Fsp3) is 0.0625. The number of carbonyl (C=O) groups excluding carboxylic acids is 1. The molecule has 3 rings (SSSR count). The van der Waals surface area contributed by atoms with Gasteiger partial charge in [-0.3, -0.25) is 5.32 Å². The minimum atomic E-state index is -0.363. The molecule has 0 spiro atoms. The first-order valence-corrected chi connectivity index (χ1v) is 8.04. The van der Waals surface area contributed by atoms with Crippen molar-refractivity contribution >= 4 is 39.8 Å². The highest BCUT2D eigenvalue weighted by Crippen LogP contribution is 2.31. The maximum Gasteiger partial charge on any atom is 0.325 e. The van der Waals surface area contributed by atoms with E-state index in [9.17, 15) is 4.79 Å². The van der Waals surface area contributed by atoms with Crippen LogP contribution in [0.4, 0.5) is 15.6 Å². The lowest BCUT2D eigenvalue weighted by Gasteiger charge is -2.05. The SMILES string of the molecule is Cc1cccc(NC(=O)Nc2nnc(-c3ccccc3Cl)s2)c1. The van der Waals surface area contributed by atoms with Crippen LogP contribution in [0.3, 0.4) is 0 Å². The van der Waals surface area contributed by atoms with E-state index in [4.69, 9.17) is 11.6 Å². The van der Waals surface area contributed by atoms with Gasteiger partial charge in [0.05, 0.1) is 5.02 Å². The summed E-state index contributed by atoms with van der Waals surface area (Å²) in [6, 6.07) is 14.6. The smallest absolute Gasteiger partial charge is 0.308 e. The lowest BCUT2D eigenvalue weighted by atomic mass is 10.2. The number of benzene rings is 2. The number of carbonyl (C=O) groups is 1. The van der Waals surface area contributed by atoms with Gasteiger partial charge in [0.1, 0.15) is 0 Å². The van der Waals surface area contributed by atoms with Gasteiger partial charge in [-0.15, -0.1) is 10.2 Å². The van der Waals surface area contributed by atoms with Gasteiger partial charge in [0, 0.05) is 11.3 Å². The zero-order chi connectivity index (χ0) is 16.2.